The van der Waals surface area contributed by atoms with E-state index in [1.54, 1.807) is 60.7 Å². The predicted octanol–water partition coefficient (Wildman–Crippen LogP) is 3.34. The Morgan fingerprint density at radius 1 is 0.886 bits per heavy atom. The highest BCUT2D eigenvalue weighted by atomic mass is 16.5. The zero-order valence-electron chi connectivity index (χ0n) is 19.4. The first kappa shape index (κ1) is 24.8. The number of amides is 2. The van der Waals surface area contributed by atoms with Gasteiger partial charge in [-0.2, -0.15) is 5.10 Å². The molecule has 35 heavy (non-hydrogen) atoms. The van der Waals surface area contributed by atoms with Crippen molar-refractivity contribution in [3.8, 4) is 23.0 Å². The number of phenols is 1. The number of nitrogens with zero attached hydrogens (tertiary/aromatic N) is 1. The summed E-state index contributed by atoms with van der Waals surface area (Å²) in [6.07, 6.45) is 2.76. The van der Waals surface area contributed by atoms with Gasteiger partial charge in [0.2, 0.25) is 0 Å². The highest BCUT2D eigenvalue weighted by Gasteiger charge is 2.15. The van der Waals surface area contributed by atoms with Crippen molar-refractivity contribution in [1.82, 2.24) is 10.7 Å². The van der Waals surface area contributed by atoms with Crippen molar-refractivity contribution in [2.24, 2.45) is 5.10 Å². The summed E-state index contributed by atoms with van der Waals surface area (Å²) in [5.41, 5.74) is 3.64. The maximum atomic E-state index is 12.9. The second-order valence-electron chi connectivity index (χ2n) is 7.12. The van der Waals surface area contributed by atoms with Crippen LogP contribution in [0.2, 0.25) is 0 Å². The molecular weight excluding hydrogens is 450 g/mol. The van der Waals surface area contributed by atoms with E-state index in [1.165, 1.54) is 39.7 Å². The molecule has 3 N–H and O–H groups in total. The summed E-state index contributed by atoms with van der Waals surface area (Å²) in [6.45, 7) is 0. The van der Waals surface area contributed by atoms with E-state index in [-0.39, 0.29) is 11.4 Å². The molecule has 0 aliphatic heterocycles. The number of carbonyl (C=O) groups is 2. The topological polar surface area (TPSA) is 118 Å². The Balaban J connectivity index is 1.86. The fourth-order valence-corrected chi connectivity index (χ4v) is 3.03. The molecule has 0 aliphatic carbocycles. The molecule has 0 bridgehead atoms. The van der Waals surface area contributed by atoms with Gasteiger partial charge < -0.3 is 24.6 Å². The number of ether oxygens (including phenoxy) is 3. The largest absolute Gasteiger partial charge is 0.507 e. The van der Waals surface area contributed by atoms with E-state index in [2.05, 4.69) is 15.8 Å². The highest BCUT2D eigenvalue weighted by Crippen LogP contribution is 2.28. The standard InChI is InChI=1S/C26H25N3O6/c1-33-20-11-10-19(22(30)15-20)16-27-29-26(32)21(28-25(31)18-7-5-4-6-8-18)13-17-9-12-23(34-2)24(14-17)35-3/h4-16,30H,1-3H3,(H,28,31)(H,29,32)/b21-13-,27-16+. The molecule has 0 heterocycles. The van der Waals surface area contributed by atoms with Gasteiger partial charge in [0.05, 0.1) is 27.5 Å². The van der Waals surface area contributed by atoms with Crippen LogP contribution < -0.4 is 25.0 Å². The van der Waals surface area contributed by atoms with Crippen molar-refractivity contribution in [3.05, 3.63) is 89.1 Å². The zero-order chi connectivity index (χ0) is 25.2. The lowest BCUT2D eigenvalue weighted by Crippen LogP contribution is -2.32. The van der Waals surface area contributed by atoms with Crippen molar-refractivity contribution in [3.63, 3.8) is 0 Å². The summed E-state index contributed by atoms with van der Waals surface area (Å²) in [7, 11) is 4.50. The summed E-state index contributed by atoms with van der Waals surface area (Å²) in [6, 6.07) is 18.2. The molecule has 0 radical (unpaired) electrons. The molecule has 9 nitrogen and oxygen atoms in total. The number of aromatic hydroxyl groups is 1. The summed E-state index contributed by atoms with van der Waals surface area (Å²) in [5, 5.41) is 16.6. The zero-order valence-corrected chi connectivity index (χ0v) is 19.4. The molecule has 0 atom stereocenters. The van der Waals surface area contributed by atoms with Gasteiger partial charge in [0.1, 0.15) is 17.2 Å². The van der Waals surface area contributed by atoms with E-state index in [0.29, 0.717) is 33.9 Å². The Bertz CT molecular complexity index is 1260. The van der Waals surface area contributed by atoms with Gasteiger partial charge in [-0.1, -0.05) is 24.3 Å². The molecular formula is C26H25N3O6. The van der Waals surface area contributed by atoms with E-state index < -0.39 is 11.8 Å². The first-order valence-electron chi connectivity index (χ1n) is 10.5. The minimum absolute atomic E-state index is 0.0535. The fraction of sp³-hybridized carbons (Fsp3) is 0.115. The fourth-order valence-electron chi connectivity index (χ4n) is 3.03. The SMILES string of the molecule is COc1ccc(/C=N/NC(=O)/C(=C/c2ccc(OC)c(OC)c2)NC(=O)c2ccccc2)c(O)c1. The van der Waals surface area contributed by atoms with Crippen molar-refractivity contribution in [1.29, 1.82) is 0 Å². The van der Waals surface area contributed by atoms with Gasteiger partial charge >= 0.3 is 0 Å². The van der Waals surface area contributed by atoms with Gasteiger partial charge in [0.25, 0.3) is 11.8 Å². The normalized spacial score (nSPS) is 11.1. The number of rotatable bonds is 9. The lowest BCUT2D eigenvalue weighted by Gasteiger charge is -2.11. The van der Waals surface area contributed by atoms with Gasteiger partial charge in [-0.05, 0) is 48.0 Å². The molecule has 0 saturated heterocycles. The monoisotopic (exact) mass is 475 g/mol. The van der Waals surface area contributed by atoms with Crippen LogP contribution in [-0.2, 0) is 4.79 Å². The third kappa shape index (κ3) is 6.61. The van der Waals surface area contributed by atoms with Gasteiger partial charge in [0.15, 0.2) is 11.5 Å². The molecule has 0 aliphatic rings. The van der Waals surface area contributed by atoms with Crippen LogP contribution in [0.25, 0.3) is 6.08 Å². The van der Waals surface area contributed by atoms with Crippen LogP contribution in [0.5, 0.6) is 23.0 Å². The Morgan fingerprint density at radius 2 is 1.63 bits per heavy atom. The molecule has 3 rings (SSSR count). The first-order chi connectivity index (χ1) is 16.9. The van der Waals surface area contributed by atoms with Crippen molar-refractivity contribution < 1.29 is 28.9 Å². The maximum absolute atomic E-state index is 12.9. The smallest absolute Gasteiger partial charge is 0.287 e. The van der Waals surface area contributed by atoms with Crippen LogP contribution in [0, 0.1) is 0 Å². The molecule has 0 saturated carbocycles. The maximum Gasteiger partial charge on any atom is 0.287 e. The lowest BCUT2D eigenvalue weighted by molar-refractivity contribution is -0.117. The van der Waals surface area contributed by atoms with E-state index in [1.807, 2.05) is 0 Å². The van der Waals surface area contributed by atoms with Crippen LogP contribution in [0.15, 0.2) is 77.5 Å². The van der Waals surface area contributed by atoms with Gasteiger partial charge in [-0.25, -0.2) is 5.43 Å². The molecule has 9 heteroatoms. The molecule has 0 spiro atoms. The first-order valence-corrected chi connectivity index (χ1v) is 10.5. The third-order valence-electron chi connectivity index (χ3n) is 4.85. The van der Waals surface area contributed by atoms with E-state index in [4.69, 9.17) is 14.2 Å². The van der Waals surface area contributed by atoms with Gasteiger partial charge in [-0.15, -0.1) is 0 Å². The summed E-state index contributed by atoms with van der Waals surface area (Å²) in [5.74, 6) is 0.252. The number of methoxy groups -OCH3 is 3. The average molecular weight is 476 g/mol. The molecule has 0 aromatic heterocycles. The second-order valence-corrected chi connectivity index (χ2v) is 7.12. The summed E-state index contributed by atoms with van der Waals surface area (Å²) < 4.78 is 15.6. The van der Waals surface area contributed by atoms with Crippen LogP contribution in [0.3, 0.4) is 0 Å². The number of benzene rings is 3. The van der Waals surface area contributed by atoms with E-state index in [9.17, 15) is 14.7 Å². The summed E-state index contributed by atoms with van der Waals surface area (Å²) in [4.78, 5) is 25.6. The third-order valence-corrected chi connectivity index (χ3v) is 4.85. The molecule has 3 aromatic carbocycles. The van der Waals surface area contributed by atoms with Gasteiger partial charge in [0, 0.05) is 17.2 Å². The van der Waals surface area contributed by atoms with Crippen molar-refractivity contribution in [2.75, 3.05) is 21.3 Å². The number of hydrogen-bond donors (Lipinski definition) is 3. The quantitative estimate of drug-likeness (QED) is 0.248. The highest BCUT2D eigenvalue weighted by molar-refractivity contribution is 6.05. The Kier molecular flexibility index (Phi) is 8.44. The Hall–Kier alpha value is -4.79. The van der Waals surface area contributed by atoms with Crippen molar-refractivity contribution in [2.45, 2.75) is 0 Å². The predicted molar refractivity (Wildman–Crippen MR) is 132 cm³/mol. The van der Waals surface area contributed by atoms with E-state index >= 15 is 0 Å². The van der Waals surface area contributed by atoms with Gasteiger partial charge in [-0.3, -0.25) is 9.59 Å². The molecule has 0 fully saturated rings. The van der Waals surface area contributed by atoms with E-state index in [0.717, 1.165) is 0 Å². The number of phenolic OH excluding ortho intramolecular Hbond substituents is 1. The number of carbonyl (C=O) groups excluding carboxylic acids is 2. The number of hydrazone groups is 1. The number of nitrogens with one attached hydrogen (secondary N) is 2. The van der Waals surface area contributed by atoms with Crippen LogP contribution in [0.4, 0.5) is 0 Å². The molecule has 3 aromatic rings. The number of hydrogen-bond acceptors (Lipinski definition) is 7. The average Bonchev–Trinajstić information content (AvgIpc) is 2.89. The molecule has 0 unspecified atom stereocenters. The minimum Gasteiger partial charge on any atom is -0.507 e. The molecule has 2 amide bonds. The van der Waals surface area contributed by atoms with Crippen molar-refractivity contribution >= 4 is 24.1 Å². The Labute approximate surface area is 202 Å². The van der Waals surface area contributed by atoms with Crippen LogP contribution >= 0.6 is 0 Å². The summed E-state index contributed by atoms with van der Waals surface area (Å²) >= 11 is 0. The molecule has 180 valence electrons. The minimum atomic E-state index is -0.673. The Morgan fingerprint density at radius 3 is 2.29 bits per heavy atom. The second kappa shape index (κ2) is 11.9. The van der Waals surface area contributed by atoms with Crippen LogP contribution in [-0.4, -0.2) is 44.5 Å². The lowest BCUT2D eigenvalue weighted by atomic mass is 10.1. The van der Waals surface area contributed by atoms with Crippen LogP contribution in [0.1, 0.15) is 21.5 Å².